The summed E-state index contributed by atoms with van der Waals surface area (Å²) in [5.41, 5.74) is 2.21. The van der Waals surface area contributed by atoms with E-state index in [2.05, 4.69) is 20.4 Å². The Labute approximate surface area is 108 Å². The van der Waals surface area contributed by atoms with Crippen LogP contribution in [0.15, 0.2) is 28.8 Å². The molecule has 3 aromatic rings. The van der Waals surface area contributed by atoms with E-state index >= 15 is 0 Å². The van der Waals surface area contributed by atoms with Crippen molar-refractivity contribution in [2.45, 2.75) is 13.8 Å². The molecule has 6 heteroatoms. The largest absolute Gasteiger partial charge is 0.360 e. The number of anilines is 1. The second kappa shape index (κ2) is 4.24. The lowest BCUT2D eigenvalue weighted by atomic mass is 10.2. The quantitative estimate of drug-likeness (QED) is 0.737. The van der Waals surface area contributed by atoms with Gasteiger partial charge in [0.15, 0.2) is 5.82 Å². The molecule has 0 fully saturated rings. The van der Waals surface area contributed by atoms with Gasteiger partial charge in [0.05, 0.1) is 11.0 Å². The first-order valence-corrected chi connectivity index (χ1v) is 5.83. The normalized spacial score (nSPS) is 10.8. The lowest BCUT2D eigenvalue weighted by Crippen LogP contribution is -2.11. The van der Waals surface area contributed by atoms with Crippen molar-refractivity contribution < 1.29 is 9.32 Å². The highest BCUT2D eigenvalue weighted by Gasteiger charge is 2.10. The number of amides is 1. The van der Waals surface area contributed by atoms with E-state index in [4.69, 9.17) is 4.52 Å². The minimum atomic E-state index is -0.234. The number of nitrogens with one attached hydrogen (secondary N) is 2. The number of hydrogen-bond acceptors (Lipinski definition) is 4. The third-order valence-corrected chi connectivity index (χ3v) is 2.73. The van der Waals surface area contributed by atoms with Gasteiger partial charge in [-0.2, -0.15) is 0 Å². The first kappa shape index (κ1) is 11.5. The molecule has 96 valence electrons. The van der Waals surface area contributed by atoms with E-state index in [0.717, 1.165) is 16.9 Å². The molecular weight excluding hydrogens is 244 g/mol. The summed E-state index contributed by atoms with van der Waals surface area (Å²) in [7, 11) is 0. The summed E-state index contributed by atoms with van der Waals surface area (Å²) in [5, 5.41) is 6.39. The van der Waals surface area contributed by atoms with Gasteiger partial charge in [0.2, 0.25) is 0 Å². The van der Waals surface area contributed by atoms with E-state index in [0.29, 0.717) is 17.1 Å². The van der Waals surface area contributed by atoms with E-state index < -0.39 is 0 Å². The average molecular weight is 256 g/mol. The van der Waals surface area contributed by atoms with Crippen molar-refractivity contribution in [3.63, 3.8) is 0 Å². The third kappa shape index (κ3) is 2.20. The van der Waals surface area contributed by atoms with Crippen LogP contribution >= 0.6 is 0 Å². The van der Waals surface area contributed by atoms with Crippen LogP contribution < -0.4 is 5.32 Å². The Morgan fingerprint density at radius 2 is 2.16 bits per heavy atom. The number of aryl methyl sites for hydroxylation is 2. The first-order valence-electron chi connectivity index (χ1n) is 5.83. The summed E-state index contributed by atoms with van der Waals surface area (Å²) in [5.74, 6) is 1.64. The van der Waals surface area contributed by atoms with Gasteiger partial charge in [-0.1, -0.05) is 5.16 Å². The zero-order valence-corrected chi connectivity index (χ0v) is 10.5. The van der Waals surface area contributed by atoms with Crippen molar-refractivity contribution in [2.75, 3.05) is 5.32 Å². The van der Waals surface area contributed by atoms with Crippen LogP contribution in [0.25, 0.3) is 11.0 Å². The summed E-state index contributed by atoms with van der Waals surface area (Å²) in [4.78, 5) is 19.4. The van der Waals surface area contributed by atoms with Crippen LogP contribution in [-0.4, -0.2) is 21.0 Å². The van der Waals surface area contributed by atoms with Crippen LogP contribution in [0, 0.1) is 13.8 Å². The molecule has 0 aliphatic carbocycles. The van der Waals surface area contributed by atoms with E-state index in [1.807, 2.05) is 13.0 Å². The summed E-state index contributed by atoms with van der Waals surface area (Å²) < 4.78 is 4.89. The number of carbonyl (C=O) groups is 1. The molecule has 6 nitrogen and oxygen atoms in total. The Hall–Kier alpha value is -2.63. The van der Waals surface area contributed by atoms with Gasteiger partial charge in [-0.15, -0.1) is 0 Å². The Balaban J connectivity index is 1.88. The number of aromatic nitrogens is 3. The van der Waals surface area contributed by atoms with Crippen molar-refractivity contribution in [3.8, 4) is 0 Å². The molecule has 0 aliphatic heterocycles. The van der Waals surface area contributed by atoms with Crippen LogP contribution in [-0.2, 0) is 0 Å². The SMILES string of the molecule is Cc1nc2ccc(C(=O)Nc3cc(C)on3)cc2[nH]1. The van der Waals surface area contributed by atoms with Crippen LogP contribution in [0.3, 0.4) is 0 Å². The van der Waals surface area contributed by atoms with Gasteiger partial charge in [-0.3, -0.25) is 4.79 Å². The van der Waals surface area contributed by atoms with Gasteiger partial charge in [0.1, 0.15) is 11.6 Å². The highest BCUT2D eigenvalue weighted by Crippen LogP contribution is 2.15. The Kier molecular flexibility index (Phi) is 2.56. The summed E-state index contributed by atoms with van der Waals surface area (Å²) in [6.07, 6.45) is 0. The predicted molar refractivity (Wildman–Crippen MR) is 70.0 cm³/mol. The highest BCUT2D eigenvalue weighted by atomic mass is 16.5. The first-order chi connectivity index (χ1) is 9.11. The van der Waals surface area contributed by atoms with Crippen molar-refractivity contribution >= 4 is 22.8 Å². The maximum atomic E-state index is 12.0. The van der Waals surface area contributed by atoms with Crippen molar-refractivity contribution in [2.24, 2.45) is 0 Å². The molecule has 2 heterocycles. The van der Waals surface area contributed by atoms with Crippen LogP contribution in [0.4, 0.5) is 5.82 Å². The summed E-state index contributed by atoms with van der Waals surface area (Å²) in [6, 6.07) is 6.96. The van der Waals surface area contributed by atoms with E-state index in [-0.39, 0.29) is 5.91 Å². The molecule has 1 amide bonds. The van der Waals surface area contributed by atoms with Gasteiger partial charge >= 0.3 is 0 Å². The van der Waals surface area contributed by atoms with E-state index in [1.54, 1.807) is 25.1 Å². The standard InChI is InChI=1S/C13H12N4O2/c1-7-5-12(17-19-7)16-13(18)9-3-4-10-11(6-9)15-8(2)14-10/h3-6H,1-2H3,(H,14,15)(H,16,17,18). The molecule has 0 spiro atoms. The second-order valence-electron chi connectivity index (χ2n) is 4.33. The average Bonchev–Trinajstić information content (AvgIpc) is 2.93. The third-order valence-electron chi connectivity index (χ3n) is 2.73. The van der Waals surface area contributed by atoms with Gasteiger partial charge < -0.3 is 14.8 Å². The Bertz CT molecular complexity index is 757. The monoisotopic (exact) mass is 256 g/mol. The fourth-order valence-electron chi connectivity index (χ4n) is 1.89. The number of nitrogens with zero attached hydrogens (tertiary/aromatic N) is 2. The molecule has 0 bridgehead atoms. The molecule has 0 atom stereocenters. The molecular formula is C13H12N4O2. The fraction of sp³-hybridized carbons (Fsp3) is 0.154. The minimum Gasteiger partial charge on any atom is -0.360 e. The topological polar surface area (TPSA) is 83.8 Å². The number of carbonyl (C=O) groups excluding carboxylic acids is 1. The molecule has 0 saturated heterocycles. The Morgan fingerprint density at radius 1 is 1.32 bits per heavy atom. The lowest BCUT2D eigenvalue weighted by Gasteiger charge is -2.00. The zero-order chi connectivity index (χ0) is 13.4. The van der Waals surface area contributed by atoms with Crippen LogP contribution in [0.5, 0.6) is 0 Å². The van der Waals surface area contributed by atoms with Gasteiger partial charge in [0.25, 0.3) is 5.91 Å². The molecule has 0 aliphatic rings. The van der Waals surface area contributed by atoms with Gasteiger partial charge in [-0.05, 0) is 32.0 Å². The van der Waals surface area contributed by atoms with Crippen LogP contribution in [0.2, 0.25) is 0 Å². The maximum absolute atomic E-state index is 12.0. The molecule has 0 radical (unpaired) electrons. The maximum Gasteiger partial charge on any atom is 0.256 e. The number of fused-ring (bicyclic) bond motifs is 1. The van der Waals surface area contributed by atoms with Gasteiger partial charge in [-0.25, -0.2) is 4.98 Å². The van der Waals surface area contributed by atoms with Crippen molar-refractivity contribution in [1.29, 1.82) is 0 Å². The molecule has 19 heavy (non-hydrogen) atoms. The Morgan fingerprint density at radius 3 is 2.89 bits per heavy atom. The summed E-state index contributed by atoms with van der Waals surface area (Å²) >= 11 is 0. The summed E-state index contributed by atoms with van der Waals surface area (Å²) in [6.45, 7) is 3.64. The number of aromatic amines is 1. The molecule has 2 N–H and O–H groups in total. The lowest BCUT2D eigenvalue weighted by molar-refractivity contribution is 0.102. The number of rotatable bonds is 2. The molecule has 0 saturated carbocycles. The van der Waals surface area contributed by atoms with Crippen molar-refractivity contribution in [1.82, 2.24) is 15.1 Å². The number of imidazole rings is 1. The molecule has 3 rings (SSSR count). The van der Waals surface area contributed by atoms with Crippen LogP contribution in [0.1, 0.15) is 21.9 Å². The predicted octanol–water partition coefficient (Wildman–Crippen LogP) is 2.42. The number of hydrogen-bond donors (Lipinski definition) is 2. The zero-order valence-electron chi connectivity index (χ0n) is 10.5. The molecule has 0 unspecified atom stereocenters. The van der Waals surface area contributed by atoms with Gasteiger partial charge in [0, 0.05) is 11.6 Å². The highest BCUT2D eigenvalue weighted by molar-refractivity contribution is 6.05. The van der Waals surface area contributed by atoms with E-state index in [1.165, 1.54) is 0 Å². The fourth-order valence-corrected chi connectivity index (χ4v) is 1.89. The molecule has 1 aromatic carbocycles. The number of H-pyrrole nitrogens is 1. The number of benzene rings is 1. The second-order valence-corrected chi connectivity index (χ2v) is 4.33. The molecule has 2 aromatic heterocycles. The smallest absolute Gasteiger partial charge is 0.256 e. The van der Waals surface area contributed by atoms with Crippen molar-refractivity contribution in [3.05, 3.63) is 41.4 Å². The van der Waals surface area contributed by atoms with E-state index in [9.17, 15) is 4.79 Å². The minimum absolute atomic E-state index is 0.234.